The highest BCUT2D eigenvalue weighted by molar-refractivity contribution is 5.40. The van der Waals surface area contributed by atoms with Crippen molar-refractivity contribution in [1.82, 2.24) is 5.32 Å². The number of nitro benzene ring substituents is 1. The van der Waals surface area contributed by atoms with Gasteiger partial charge in [0.2, 0.25) is 0 Å². The summed E-state index contributed by atoms with van der Waals surface area (Å²) in [7, 11) is 0. The second-order valence-electron chi connectivity index (χ2n) is 5.04. The van der Waals surface area contributed by atoms with Crippen LogP contribution >= 0.6 is 0 Å². The topological polar surface area (TPSA) is 55.2 Å². The molecule has 0 spiro atoms. The van der Waals surface area contributed by atoms with Gasteiger partial charge in [0.1, 0.15) is 0 Å². The first-order valence-corrected chi connectivity index (χ1v) is 6.42. The van der Waals surface area contributed by atoms with Crippen molar-refractivity contribution < 1.29 is 18.1 Å². The molecule has 0 atom stereocenters. The minimum absolute atomic E-state index is 0.277. The van der Waals surface area contributed by atoms with Gasteiger partial charge in [0.05, 0.1) is 10.5 Å². The Hall–Kier alpha value is -1.63. The molecule has 0 radical (unpaired) electrons. The number of nitro groups is 1. The fourth-order valence-corrected chi connectivity index (χ4v) is 2.48. The van der Waals surface area contributed by atoms with Gasteiger partial charge in [-0.15, -0.1) is 0 Å². The maximum Gasteiger partial charge on any atom is 0.416 e. The molecule has 1 aliphatic rings. The fraction of sp³-hybridized carbons (Fsp3) is 0.538. The van der Waals surface area contributed by atoms with Gasteiger partial charge in [-0.05, 0) is 49.9 Å². The second-order valence-corrected chi connectivity index (χ2v) is 5.04. The fourth-order valence-electron chi connectivity index (χ4n) is 2.48. The zero-order valence-corrected chi connectivity index (χ0v) is 10.7. The van der Waals surface area contributed by atoms with E-state index in [-0.39, 0.29) is 5.92 Å². The number of benzene rings is 1. The van der Waals surface area contributed by atoms with E-state index in [1.54, 1.807) is 0 Å². The summed E-state index contributed by atoms with van der Waals surface area (Å²) in [4.78, 5) is 9.98. The Morgan fingerprint density at radius 2 is 1.90 bits per heavy atom. The normalized spacial score (nSPS) is 17.1. The second kappa shape index (κ2) is 5.78. The van der Waals surface area contributed by atoms with Gasteiger partial charge in [-0.25, -0.2) is 0 Å². The molecule has 20 heavy (non-hydrogen) atoms. The van der Waals surface area contributed by atoms with E-state index < -0.39 is 22.4 Å². The van der Waals surface area contributed by atoms with E-state index in [0.29, 0.717) is 18.1 Å². The molecule has 7 heteroatoms. The summed E-state index contributed by atoms with van der Waals surface area (Å²) in [5.74, 6) is 0.277. The van der Waals surface area contributed by atoms with Crippen LogP contribution in [0.5, 0.6) is 0 Å². The molecule has 1 aromatic rings. The Labute approximate surface area is 114 Å². The van der Waals surface area contributed by atoms with Crippen molar-refractivity contribution in [1.29, 1.82) is 0 Å². The highest BCUT2D eigenvalue weighted by atomic mass is 19.4. The van der Waals surface area contributed by atoms with Gasteiger partial charge < -0.3 is 5.32 Å². The maximum atomic E-state index is 12.8. The molecule has 1 N–H and O–H groups in total. The average molecular weight is 288 g/mol. The third kappa shape index (κ3) is 3.69. The van der Waals surface area contributed by atoms with Crippen molar-refractivity contribution in [2.24, 2.45) is 5.92 Å². The molecule has 0 bridgehead atoms. The van der Waals surface area contributed by atoms with Crippen LogP contribution in [0.4, 0.5) is 18.9 Å². The summed E-state index contributed by atoms with van der Waals surface area (Å²) < 4.78 is 38.3. The third-order valence-electron chi connectivity index (χ3n) is 3.50. The Balaban J connectivity index is 2.26. The maximum absolute atomic E-state index is 12.8. The molecule has 2 rings (SSSR count). The van der Waals surface area contributed by atoms with Crippen molar-refractivity contribution in [3.8, 4) is 0 Å². The Morgan fingerprint density at radius 1 is 1.25 bits per heavy atom. The summed E-state index contributed by atoms with van der Waals surface area (Å²) in [5.41, 5.74) is -1.06. The van der Waals surface area contributed by atoms with Crippen LogP contribution in [0.2, 0.25) is 0 Å². The zero-order valence-electron chi connectivity index (χ0n) is 10.7. The molecule has 0 aliphatic carbocycles. The molecule has 1 aromatic carbocycles. The van der Waals surface area contributed by atoms with Gasteiger partial charge in [-0.1, -0.05) is 0 Å². The first kappa shape index (κ1) is 14.8. The smallest absolute Gasteiger partial charge is 0.317 e. The predicted octanol–water partition coefficient (Wildman–Crippen LogP) is 3.16. The van der Waals surface area contributed by atoms with E-state index >= 15 is 0 Å². The molecular weight excluding hydrogens is 273 g/mol. The minimum Gasteiger partial charge on any atom is -0.317 e. The van der Waals surface area contributed by atoms with Crippen molar-refractivity contribution in [2.45, 2.75) is 25.4 Å². The van der Waals surface area contributed by atoms with Crippen molar-refractivity contribution in [2.75, 3.05) is 13.1 Å². The molecule has 0 aromatic heterocycles. The van der Waals surface area contributed by atoms with Crippen LogP contribution in [0.15, 0.2) is 18.2 Å². The Morgan fingerprint density at radius 3 is 2.45 bits per heavy atom. The van der Waals surface area contributed by atoms with E-state index in [9.17, 15) is 23.3 Å². The summed E-state index contributed by atoms with van der Waals surface area (Å²) >= 11 is 0. The molecular formula is C13H15F3N2O2. The first-order chi connectivity index (χ1) is 9.36. The van der Waals surface area contributed by atoms with Crippen LogP contribution in [0.3, 0.4) is 0 Å². The quantitative estimate of drug-likeness (QED) is 0.686. The van der Waals surface area contributed by atoms with Gasteiger partial charge in [0.25, 0.3) is 5.69 Å². The van der Waals surface area contributed by atoms with Crippen LogP contribution in [0.1, 0.15) is 24.0 Å². The largest absolute Gasteiger partial charge is 0.416 e. The summed E-state index contributed by atoms with van der Waals surface area (Å²) in [6.07, 6.45) is -2.35. The lowest BCUT2D eigenvalue weighted by molar-refractivity contribution is -0.385. The number of alkyl halides is 3. The van der Waals surface area contributed by atoms with E-state index in [0.717, 1.165) is 32.0 Å². The monoisotopic (exact) mass is 288 g/mol. The lowest BCUT2D eigenvalue weighted by atomic mass is 9.90. The molecule has 110 valence electrons. The average Bonchev–Trinajstić information content (AvgIpc) is 2.38. The molecule has 4 nitrogen and oxygen atoms in total. The molecule has 1 heterocycles. The van der Waals surface area contributed by atoms with Gasteiger partial charge >= 0.3 is 6.18 Å². The molecule has 0 unspecified atom stereocenters. The lowest BCUT2D eigenvalue weighted by Gasteiger charge is -2.22. The summed E-state index contributed by atoms with van der Waals surface area (Å²) in [6.45, 7) is 1.68. The number of rotatable bonds is 3. The van der Waals surface area contributed by atoms with Gasteiger partial charge in [-0.3, -0.25) is 10.1 Å². The molecule has 1 fully saturated rings. The Bertz CT molecular complexity index is 497. The van der Waals surface area contributed by atoms with E-state index in [2.05, 4.69) is 5.32 Å². The number of halogens is 3. The van der Waals surface area contributed by atoms with Crippen molar-refractivity contribution >= 4 is 5.69 Å². The van der Waals surface area contributed by atoms with Crippen molar-refractivity contribution in [3.63, 3.8) is 0 Å². The molecule has 1 saturated heterocycles. The van der Waals surface area contributed by atoms with E-state index in [1.807, 2.05) is 0 Å². The highest BCUT2D eigenvalue weighted by Crippen LogP contribution is 2.33. The number of non-ortho nitro benzene ring substituents is 1. The molecule has 0 amide bonds. The number of nitrogens with one attached hydrogen (secondary N) is 1. The van der Waals surface area contributed by atoms with Crippen molar-refractivity contribution in [3.05, 3.63) is 39.4 Å². The zero-order chi connectivity index (χ0) is 14.8. The lowest BCUT2D eigenvalue weighted by Crippen LogP contribution is -2.28. The number of hydrogen-bond acceptors (Lipinski definition) is 3. The van der Waals surface area contributed by atoms with Crippen LogP contribution in [0.25, 0.3) is 0 Å². The molecule has 1 aliphatic heterocycles. The van der Waals surface area contributed by atoms with Gasteiger partial charge in [-0.2, -0.15) is 13.2 Å². The van der Waals surface area contributed by atoms with Crippen LogP contribution in [-0.2, 0) is 12.6 Å². The van der Waals surface area contributed by atoms with Crippen LogP contribution in [-0.4, -0.2) is 18.0 Å². The third-order valence-corrected chi connectivity index (χ3v) is 3.50. The van der Waals surface area contributed by atoms with E-state index in [4.69, 9.17) is 0 Å². The van der Waals surface area contributed by atoms with Crippen LogP contribution in [0, 0.1) is 16.0 Å². The minimum atomic E-state index is -4.56. The molecule has 0 saturated carbocycles. The Kier molecular flexibility index (Phi) is 4.27. The first-order valence-electron chi connectivity index (χ1n) is 6.42. The summed E-state index contributed by atoms with van der Waals surface area (Å²) in [6, 6.07) is 2.86. The SMILES string of the molecule is O=[N+]([O-])c1cc(CC2CCNCC2)cc(C(F)(F)F)c1. The predicted molar refractivity (Wildman–Crippen MR) is 67.4 cm³/mol. The van der Waals surface area contributed by atoms with Gasteiger partial charge in [0, 0.05) is 12.1 Å². The standard InChI is InChI=1S/C13H15F3N2O2/c14-13(15,16)11-6-10(7-12(8-11)18(19)20)5-9-1-3-17-4-2-9/h6-9,17H,1-5H2. The van der Waals surface area contributed by atoms with E-state index in [1.165, 1.54) is 6.07 Å². The summed E-state index contributed by atoms with van der Waals surface area (Å²) in [5, 5.41) is 13.9. The number of nitrogens with zero attached hydrogens (tertiary/aromatic N) is 1. The number of piperidine rings is 1. The van der Waals surface area contributed by atoms with Gasteiger partial charge in [0.15, 0.2) is 0 Å². The van der Waals surface area contributed by atoms with Crippen LogP contribution < -0.4 is 5.32 Å². The highest BCUT2D eigenvalue weighted by Gasteiger charge is 2.33. The number of hydrogen-bond donors (Lipinski definition) is 1.